The van der Waals surface area contributed by atoms with Gasteiger partial charge in [-0.05, 0) is 25.5 Å². The second-order valence-electron chi connectivity index (χ2n) is 4.72. The van der Waals surface area contributed by atoms with Crippen molar-refractivity contribution in [2.75, 3.05) is 20.2 Å². The van der Waals surface area contributed by atoms with Crippen molar-refractivity contribution in [1.29, 1.82) is 5.26 Å². The van der Waals surface area contributed by atoms with Crippen LogP contribution in [0.3, 0.4) is 0 Å². The maximum atomic E-state index is 11.6. The number of esters is 1. The number of carbonyl (C=O) groups excluding carboxylic acids is 1. The number of piperidine rings is 1. The van der Waals surface area contributed by atoms with Gasteiger partial charge in [-0.2, -0.15) is 5.26 Å². The van der Waals surface area contributed by atoms with Crippen molar-refractivity contribution in [1.82, 2.24) is 9.88 Å². The zero-order chi connectivity index (χ0) is 13.7. The molecule has 0 radical (unpaired) electrons. The van der Waals surface area contributed by atoms with E-state index in [1.54, 1.807) is 6.20 Å². The molecular weight excluding hydrogens is 242 g/mol. The summed E-state index contributed by atoms with van der Waals surface area (Å²) in [5, 5.41) is 9.02. The molecule has 1 aliphatic rings. The Balaban J connectivity index is 2.03. The Hall–Kier alpha value is -1.93. The van der Waals surface area contributed by atoms with Crippen molar-refractivity contribution in [2.24, 2.45) is 5.92 Å². The van der Waals surface area contributed by atoms with E-state index in [1.165, 1.54) is 7.11 Å². The van der Waals surface area contributed by atoms with E-state index in [9.17, 15) is 4.79 Å². The number of hydrogen-bond donors (Lipinski definition) is 0. The molecule has 100 valence electrons. The zero-order valence-corrected chi connectivity index (χ0v) is 11.0. The van der Waals surface area contributed by atoms with Crippen LogP contribution >= 0.6 is 0 Å². The van der Waals surface area contributed by atoms with Gasteiger partial charge in [0.05, 0.1) is 13.0 Å². The van der Waals surface area contributed by atoms with Gasteiger partial charge >= 0.3 is 5.97 Å². The molecule has 0 unspecified atom stereocenters. The minimum Gasteiger partial charge on any atom is -0.469 e. The second kappa shape index (κ2) is 6.30. The lowest BCUT2D eigenvalue weighted by atomic mass is 9.97. The molecule has 2 heterocycles. The summed E-state index contributed by atoms with van der Waals surface area (Å²) in [5.74, 6) is -0.197. The van der Waals surface area contributed by atoms with Gasteiger partial charge in [0.2, 0.25) is 0 Å². The lowest BCUT2D eigenvalue weighted by Gasteiger charge is -2.31. The third-order valence-corrected chi connectivity index (χ3v) is 3.43. The molecule has 1 aromatic rings. The first-order valence-electron chi connectivity index (χ1n) is 6.38. The van der Waals surface area contributed by atoms with Gasteiger partial charge in [-0.25, -0.2) is 4.98 Å². The number of ether oxygens (including phenoxy) is 1. The van der Waals surface area contributed by atoms with Gasteiger partial charge in [0.1, 0.15) is 11.8 Å². The lowest BCUT2D eigenvalue weighted by molar-refractivity contribution is -0.147. The van der Waals surface area contributed by atoms with Gasteiger partial charge in [0.15, 0.2) is 0 Å². The van der Waals surface area contributed by atoms with Crippen molar-refractivity contribution in [3.05, 3.63) is 29.6 Å². The van der Waals surface area contributed by atoms with Gasteiger partial charge in [-0.3, -0.25) is 9.69 Å². The van der Waals surface area contributed by atoms with Gasteiger partial charge < -0.3 is 4.74 Å². The molecule has 1 saturated heterocycles. The van der Waals surface area contributed by atoms with E-state index in [0.29, 0.717) is 18.8 Å². The summed E-state index contributed by atoms with van der Waals surface area (Å²) in [6.45, 7) is 2.28. The summed E-state index contributed by atoms with van der Waals surface area (Å²) in [6.07, 6.45) is 3.47. The first-order chi connectivity index (χ1) is 9.24. The van der Waals surface area contributed by atoms with Crippen LogP contribution in [0.2, 0.25) is 0 Å². The van der Waals surface area contributed by atoms with Crippen LogP contribution in [0.1, 0.15) is 24.1 Å². The second-order valence-corrected chi connectivity index (χ2v) is 4.72. The summed E-state index contributed by atoms with van der Waals surface area (Å²) in [4.78, 5) is 17.8. The van der Waals surface area contributed by atoms with E-state index in [-0.39, 0.29) is 11.9 Å². The van der Waals surface area contributed by atoms with Crippen LogP contribution in [0.4, 0.5) is 0 Å². The van der Waals surface area contributed by atoms with Crippen molar-refractivity contribution in [3.63, 3.8) is 0 Å². The molecular formula is C14H17N3O2. The minimum atomic E-state index is -0.142. The molecule has 0 spiro atoms. The number of carbonyl (C=O) groups is 1. The van der Waals surface area contributed by atoms with E-state index in [1.807, 2.05) is 12.1 Å². The van der Waals surface area contributed by atoms with Gasteiger partial charge in [0.25, 0.3) is 0 Å². The first-order valence-corrected chi connectivity index (χ1v) is 6.38. The molecule has 0 saturated carbocycles. The molecule has 0 aliphatic carbocycles. The van der Waals surface area contributed by atoms with Crippen molar-refractivity contribution in [3.8, 4) is 6.07 Å². The van der Waals surface area contributed by atoms with E-state index >= 15 is 0 Å². The van der Waals surface area contributed by atoms with E-state index in [0.717, 1.165) is 24.9 Å². The Morgan fingerprint density at radius 2 is 2.53 bits per heavy atom. The molecule has 5 nitrogen and oxygen atoms in total. The first kappa shape index (κ1) is 13.5. The number of nitriles is 1. The number of nitrogens with zero attached hydrogens (tertiary/aromatic N) is 3. The summed E-state index contributed by atoms with van der Waals surface area (Å²) in [5.41, 5.74) is 1.37. The van der Waals surface area contributed by atoms with Crippen molar-refractivity contribution in [2.45, 2.75) is 19.4 Å². The Morgan fingerprint density at radius 3 is 3.26 bits per heavy atom. The van der Waals surface area contributed by atoms with E-state index < -0.39 is 0 Å². The number of pyridine rings is 1. The smallest absolute Gasteiger partial charge is 0.309 e. The van der Waals surface area contributed by atoms with Crippen LogP contribution in [0.5, 0.6) is 0 Å². The number of rotatable bonds is 3. The molecule has 1 fully saturated rings. The van der Waals surface area contributed by atoms with E-state index in [4.69, 9.17) is 10.00 Å². The average molecular weight is 259 g/mol. The fourth-order valence-electron chi connectivity index (χ4n) is 2.47. The molecule has 0 N–H and O–H groups in total. The monoisotopic (exact) mass is 259 g/mol. The standard InChI is InChI=1S/C14H17N3O2/c1-19-14(18)12-5-3-7-17(10-12)9-11-4-2-6-16-13(11)8-15/h2,4,6,12H,3,5,7,9-10H2,1H3/t12-/m0/s1. The molecule has 1 aromatic heterocycles. The zero-order valence-electron chi connectivity index (χ0n) is 11.0. The summed E-state index contributed by atoms with van der Waals surface area (Å²) in [7, 11) is 1.43. The maximum absolute atomic E-state index is 11.6. The van der Waals surface area contributed by atoms with Gasteiger partial charge in [-0.1, -0.05) is 6.07 Å². The van der Waals surface area contributed by atoms with Crippen molar-refractivity contribution < 1.29 is 9.53 Å². The molecule has 19 heavy (non-hydrogen) atoms. The largest absolute Gasteiger partial charge is 0.469 e. The van der Waals surface area contributed by atoms with Crippen LogP contribution in [0.25, 0.3) is 0 Å². The summed E-state index contributed by atoms with van der Waals surface area (Å²) >= 11 is 0. The van der Waals surface area contributed by atoms with Crippen LogP contribution in [-0.4, -0.2) is 36.1 Å². The molecule has 0 amide bonds. The van der Waals surface area contributed by atoms with Crippen LogP contribution in [0, 0.1) is 17.2 Å². The quantitative estimate of drug-likeness (QED) is 0.766. The molecule has 2 rings (SSSR count). The molecule has 1 aliphatic heterocycles. The number of hydrogen-bond acceptors (Lipinski definition) is 5. The Bertz CT molecular complexity index is 496. The maximum Gasteiger partial charge on any atom is 0.309 e. The Kier molecular flexibility index (Phi) is 4.48. The van der Waals surface area contributed by atoms with Crippen molar-refractivity contribution >= 4 is 5.97 Å². The third kappa shape index (κ3) is 3.30. The minimum absolute atomic E-state index is 0.0547. The molecule has 5 heteroatoms. The fourth-order valence-corrected chi connectivity index (χ4v) is 2.47. The highest BCUT2D eigenvalue weighted by Gasteiger charge is 2.26. The molecule has 0 aromatic carbocycles. The highest BCUT2D eigenvalue weighted by atomic mass is 16.5. The fraction of sp³-hybridized carbons (Fsp3) is 0.500. The lowest BCUT2D eigenvalue weighted by Crippen LogP contribution is -2.38. The summed E-state index contributed by atoms with van der Waals surface area (Å²) < 4.78 is 4.80. The summed E-state index contributed by atoms with van der Waals surface area (Å²) in [6, 6.07) is 5.84. The highest BCUT2D eigenvalue weighted by molar-refractivity contribution is 5.72. The van der Waals surface area contributed by atoms with Crippen LogP contribution < -0.4 is 0 Å². The number of likely N-dealkylation sites (tertiary alicyclic amines) is 1. The third-order valence-electron chi connectivity index (χ3n) is 3.43. The highest BCUT2D eigenvalue weighted by Crippen LogP contribution is 2.20. The normalized spacial score (nSPS) is 19.7. The molecule has 1 atom stereocenters. The topological polar surface area (TPSA) is 66.2 Å². The predicted molar refractivity (Wildman–Crippen MR) is 69.0 cm³/mol. The number of aromatic nitrogens is 1. The van der Waals surface area contributed by atoms with Crippen LogP contribution in [0.15, 0.2) is 18.3 Å². The molecule has 0 bridgehead atoms. The predicted octanol–water partition coefficient (Wildman–Crippen LogP) is 1.34. The van der Waals surface area contributed by atoms with Gasteiger partial charge in [0, 0.05) is 24.8 Å². The Labute approximate surface area is 112 Å². The Morgan fingerprint density at radius 1 is 1.68 bits per heavy atom. The van der Waals surface area contributed by atoms with E-state index in [2.05, 4.69) is 16.0 Å². The average Bonchev–Trinajstić information content (AvgIpc) is 2.47. The van der Waals surface area contributed by atoms with Crippen LogP contribution in [-0.2, 0) is 16.1 Å². The SMILES string of the molecule is COC(=O)[C@H]1CCCN(Cc2cccnc2C#N)C1. The number of methoxy groups -OCH3 is 1. The van der Waals surface area contributed by atoms with Gasteiger partial charge in [-0.15, -0.1) is 0 Å².